The van der Waals surface area contributed by atoms with Gasteiger partial charge < -0.3 is 10.0 Å². The molecule has 1 saturated heterocycles. The van der Waals surface area contributed by atoms with E-state index in [4.69, 9.17) is 5.11 Å². The van der Waals surface area contributed by atoms with Crippen LogP contribution in [0.2, 0.25) is 0 Å². The van der Waals surface area contributed by atoms with E-state index in [2.05, 4.69) is 15.9 Å². The lowest BCUT2D eigenvalue weighted by Crippen LogP contribution is -2.50. The quantitative estimate of drug-likeness (QED) is 0.787. The van der Waals surface area contributed by atoms with E-state index in [0.717, 1.165) is 15.3 Å². The Labute approximate surface area is 128 Å². The van der Waals surface area contributed by atoms with E-state index in [1.54, 1.807) is 0 Å². The van der Waals surface area contributed by atoms with Crippen molar-refractivity contribution in [1.82, 2.24) is 9.21 Å². The molecule has 0 saturated carbocycles. The van der Waals surface area contributed by atoms with E-state index in [1.165, 1.54) is 0 Å². The van der Waals surface area contributed by atoms with Crippen molar-refractivity contribution in [3.63, 3.8) is 0 Å². The van der Waals surface area contributed by atoms with Crippen molar-refractivity contribution in [2.24, 2.45) is 0 Å². The van der Waals surface area contributed by atoms with Gasteiger partial charge in [0, 0.05) is 30.7 Å². The molecule has 0 unspecified atom stereocenters. The fourth-order valence-electron chi connectivity index (χ4n) is 1.96. The van der Waals surface area contributed by atoms with Gasteiger partial charge in [-0.15, -0.1) is 0 Å². The molecule has 0 radical (unpaired) electrons. The fraction of sp³-hybridized carbons (Fsp3) is 0.364. The standard InChI is InChI=1S/C11H11BrF2N2O4S/c12-7-5-8(13)9(14)6-10(7)21(19,20)16-3-1-15(2-4-16)11(17)18/h5-6H,1-4H2,(H,17,18). The lowest BCUT2D eigenvalue weighted by molar-refractivity contribution is 0.126. The molecular formula is C11H11BrF2N2O4S. The Morgan fingerprint density at radius 1 is 1.14 bits per heavy atom. The number of hydrogen-bond acceptors (Lipinski definition) is 3. The number of rotatable bonds is 2. The highest BCUT2D eigenvalue weighted by Gasteiger charge is 2.32. The molecule has 0 spiro atoms. The van der Waals surface area contributed by atoms with Gasteiger partial charge in [0.25, 0.3) is 0 Å². The Kier molecular flexibility index (Phi) is 4.49. The topological polar surface area (TPSA) is 77.9 Å². The van der Waals surface area contributed by atoms with Crippen molar-refractivity contribution in [1.29, 1.82) is 0 Å². The molecule has 0 aromatic heterocycles. The molecule has 1 aliphatic heterocycles. The first kappa shape index (κ1) is 16.1. The molecule has 1 heterocycles. The second-order valence-electron chi connectivity index (χ2n) is 4.37. The molecule has 1 N–H and O–H groups in total. The third-order valence-corrected chi connectivity index (χ3v) is 5.96. The zero-order valence-electron chi connectivity index (χ0n) is 10.6. The van der Waals surface area contributed by atoms with Crippen LogP contribution in [0.4, 0.5) is 13.6 Å². The third kappa shape index (κ3) is 3.16. The number of piperazine rings is 1. The number of hydrogen-bond donors (Lipinski definition) is 1. The summed E-state index contributed by atoms with van der Waals surface area (Å²) in [5, 5.41) is 8.81. The first-order chi connectivity index (χ1) is 9.73. The monoisotopic (exact) mass is 384 g/mol. The van der Waals surface area contributed by atoms with Crippen LogP contribution in [0.1, 0.15) is 0 Å². The Morgan fingerprint density at radius 3 is 2.19 bits per heavy atom. The first-order valence-electron chi connectivity index (χ1n) is 5.86. The van der Waals surface area contributed by atoms with Crippen LogP contribution in [-0.4, -0.2) is 55.0 Å². The first-order valence-corrected chi connectivity index (χ1v) is 8.09. The van der Waals surface area contributed by atoms with Crippen molar-refractivity contribution in [3.8, 4) is 0 Å². The van der Waals surface area contributed by atoms with Crippen LogP contribution >= 0.6 is 15.9 Å². The van der Waals surface area contributed by atoms with Crippen molar-refractivity contribution >= 4 is 32.0 Å². The smallest absolute Gasteiger partial charge is 0.407 e. The molecule has 1 aromatic carbocycles. The molecule has 0 aliphatic carbocycles. The maximum atomic E-state index is 13.3. The Bertz CT molecular complexity index is 675. The van der Waals surface area contributed by atoms with Gasteiger partial charge >= 0.3 is 6.09 Å². The van der Waals surface area contributed by atoms with Crippen LogP contribution < -0.4 is 0 Å². The summed E-state index contributed by atoms with van der Waals surface area (Å²) in [5.74, 6) is -2.42. The largest absolute Gasteiger partial charge is 0.465 e. The minimum absolute atomic E-state index is 0.0237. The predicted octanol–water partition coefficient (Wildman–Crippen LogP) is 1.71. The van der Waals surface area contributed by atoms with Crippen molar-refractivity contribution in [3.05, 3.63) is 28.2 Å². The number of halogens is 3. The van der Waals surface area contributed by atoms with E-state index in [1.807, 2.05) is 0 Å². The van der Waals surface area contributed by atoms with Gasteiger partial charge in [-0.05, 0) is 28.1 Å². The summed E-state index contributed by atoms with van der Waals surface area (Å²) in [6.45, 7) is -0.0359. The average molecular weight is 385 g/mol. The van der Waals surface area contributed by atoms with Gasteiger partial charge in [0.05, 0.1) is 4.90 Å². The average Bonchev–Trinajstić information content (AvgIpc) is 2.42. The second-order valence-corrected chi connectivity index (χ2v) is 7.13. The fourth-order valence-corrected chi connectivity index (χ4v) is 4.37. The zero-order valence-corrected chi connectivity index (χ0v) is 13.0. The lowest BCUT2D eigenvalue weighted by atomic mass is 10.3. The van der Waals surface area contributed by atoms with Gasteiger partial charge in [0.2, 0.25) is 10.0 Å². The molecule has 2 rings (SSSR count). The van der Waals surface area contributed by atoms with Crippen LogP contribution in [0.15, 0.2) is 21.5 Å². The van der Waals surface area contributed by atoms with Crippen LogP contribution in [-0.2, 0) is 10.0 Å². The number of amides is 1. The minimum atomic E-state index is -4.02. The van der Waals surface area contributed by atoms with Gasteiger partial charge in [0.15, 0.2) is 11.6 Å². The Balaban J connectivity index is 2.28. The molecule has 6 nitrogen and oxygen atoms in total. The van der Waals surface area contributed by atoms with E-state index < -0.39 is 27.8 Å². The molecular weight excluding hydrogens is 374 g/mol. The molecule has 116 valence electrons. The summed E-state index contributed by atoms with van der Waals surface area (Å²) in [6.07, 6.45) is -1.12. The molecule has 1 aromatic rings. The number of carboxylic acid groups (broad SMARTS) is 1. The zero-order chi connectivity index (χ0) is 15.8. The number of carbonyl (C=O) groups is 1. The number of sulfonamides is 1. The maximum absolute atomic E-state index is 13.3. The summed E-state index contributed by atoms with van der Waals surface area (Å²) >= 11 is 2.90. The highest BCUT2D eigenvalue weighted by Crippen LogP contribution is 2.28. The third-order valence-electron chi connectivity index (χ3n) is 3.10. The molecule has 0 atom stereocenters. The summed E-state index contributed by atoms with van der Waals surface area (Å²) < 4.78 is 52.0. The van der Waals surface area contributed by atoms with Gasteiger partial charge in [0.1, 0.15) is 0 Å². The normalized spacial score (nSPS) is 17.0. The molecule has 1 amide bonds. The van der Waals surface area contributed by atoms with Gasteiger partial charge in [-0.2, -0.15) is 4.31 Å². The second kappa shape index (κ2) is 5.85. The summed E-state index contributed by atoms with van der Waals surface area (Å²) in [5.41, 5.74) is 0. The summed E-state index contributed by atoms with van der Waals surface area (Å²) in [6, 6.07) is 1.36. The molecule has 10 heteroatoms. The number of nitrogens with zero attached hydrogens (tertiary/aromatic N) is 2. The predicted molar refractivity (Wildman–Crippen MR) is 72.4 cm³/mol. The molecule has 0 bridgehead atoms. The van der Waals surface area contributed by atoms with Crippen molar-refractivity contribution < 1.29 is 27.1 Å². The van der Waals surface area contributed by atoms with E-state index in [9.17, 15) is 22.0 Å². The number of benzene rings is 1. The molecule has 1 aliphatic rings. The van der Waals surface area contributed by atoms with Gasteiger partial charge in [-0.1, -0.05) is 0 Å². The Hall–Kier alpha value is -1.26. The van der Waals surface area contributed by atoms with E-state index >= 15 is 0 Å². The van der Waals surface area contributed by atoms with Crippen LogP contribution in [0.3, 0.4) is 0 Å². The summed E-state index contributed by atoms with van der Waals surface area (Å²) in [4.78, 5) is 11.5. The maximum Gasteiger partial charge on any atom is 0.407 e. The van der Waals surface area contributed by atoms with Crippen molar-refractivity contribution in [2.45, 2.75) is 4.90 Å². The van der Waals surface area contributed by atoms with E-state index in [0.29, 0.717) is 6.07 Å². The van der Waals surface area contributed by atoms with Crippen LogP contribution in [0, 0.1) is 11.6 Å². The Morgan fingerprint density at radius 2 is 1.67 bits per heavy atom. The van der Waals surface area contributed by atoms with E-state index in [-0.39, 0.29) is 35.5 Å². The summed E-state index contributed by atoms with van der Waals surface area (Å²) in [7, 11) is -4.02. The van der Waals surface area contributed by atoms with Gasteiger partial charge in [-0.25, -0.2) is 22.0 Å². The van der Waals surface area contributed by atoms with Crippen molar-refractivity contribution in [2.75, 3.05) is 26.2 Å². The van der Waals surface area contributed by atoms with Gasteiger partial charge in [-0.3, -0.25) is 0 Å². The SMILES string of the molecule is O=C(O)N1CCN(S(=O)(=O)c2cc(F)c(F)cc2Br)CC1. The lowest BCUT2D eigenvalue weighted by Gasteiger charge is -2.32. The molecule has 21 heavy (non-hydrogen) atoms. The van der Waals surface area contributed by atoms with Crippen LogP contribution in [0.5, 0.6) is 0 Å². The molecule has 1 fully saturated rings. The highest BCUT2D eigenvalue weighted by molar-refractivity contribution is 9.10. The highest BCUT2D eigenvalue weighted by atomic mass is 79.9. The minimum Gasteiger partial charge on any atom is -0.465 e. The van der Waals surface area contributed by atoms with Crippen LogP contribution in [0.25, 0.3) is 0 Å².